The normalized spacial score (nSPS) is 18.8. The quantitative estimate of drug-likeness (QED) is 0.538. The number of halogens is 3. The van der Waals surface area contributed by atoms with E-state index in [-0.39, 0.29) is 17.3 Å². The van der Waals surface area contributed by atoms with E-state index in [9.17, 15) is 26.4 Å². The molecule has 2 aromatic rings. The van der Waals surface area contributed by atoms with E-state index >= 15 is 0 Å². The Morgan fingerprint density at radius 3 is 2.57 bits per heavy atom. The lowest BCUT2D eigenvalue weighted by atomic mass is 10.00. The second-order valence-electron chi connectivity index (χ2n) is 6.48. The molecular formula is C18H18F3NO4S2. The first-order valence-corrected chi connectivity index (χ1v) is 10.8. The van der Waals surface area contributed by atoms with Crippen LogP contribution in [-0.2, 0) is 21.0 Å². The number of ether oxygens (including phenoxy) is 1. The molecule has 1 saturated heterocycles. The van der Waals surface area contributed by atoms with Gasteiger partial charge in [0.05, 0.1) is 11.5 Å². The molecule has 0 saturated carbocycles. The summed E-state index contributed by atoms with van der Waals surface area (Å²) in [5.74, 6) is -2.27. The first-order chi connectivity index (χ1) is 13.1. The topological polar surface area (TPSA) is 63.7 Å². The van der Waals surface area contributed by atoms with Crippen molar-refractivity contribution < 1.29 is 31.1 Å². The van der Waals surface area contributed by atoms with Gasteiger partial charge in [-0.2, -0.15) is 17.5 Å². The van der Waals surface area contributed by atoms with Gasteiger partial charge in [-0.15, -0.1) is 11.3 Å². The van der Waals surface area contributed by atoms with Crippen molar-refractivity contribution in [3.05, 3.63) is 46.8 Å². The van der Waals surface area contributed by atoms with Crippen LogP contribution in [0.5, 0.6) is 5.75 Å². The fraction of sp³-hybridized carbons (Fsp3) is 0.389. The number of aryl methyl sites for hydroxylation is 1. The predicted octanol–water partition coefficient (Wildman–Crippen LogP) is 4.08. The molecule has 1 aliphatic rings. The largest absolute Gasteiger partial charge is 0.426 e. The van der Waals surface area contributed by atoms with Crippen molar-refractivity contribution in [1.82, 2.24) is 4.31 Å². The van der Waals surface area contributed by atoms with E-state index < -0.39 is 39.4 Å². The number of sulfonamides is 1. The minimum Gasteiger partial charge on any atom is -0.426 e. The summed E-state index contributed by atoms with van der Waals surface area (Å²) in [6.45, 7) is 1.92. The SMILES string of the molecule is Cc1ccc(S(=O)(=O)N2CCCC(C(=O)Oc3ccccc3C(F)(F)F)C2)s1. The molecule has 0 aliphatic carbocycles. The second kappa shape index (κ2) is 7.84. The molecule has 0 N–H and O–H groups in total. The molecule has 3 rings (SSSR count). The molecule has 0 bridgehead atoms. The number of carbonyl (C=O) groups is 1. The van der Waals surface area contributed by atoms with Crippen LogP contribution in [0, 0.1) is 12.8 Å². The van der Waals surface area contributed by atoms with Gasteiger partial charge in [0.15, 0.2) is 0 Å². The molecule has 10 heteroatoms. The van der Waals surface area contributed by atoms with Gasteiger partial charge in [-0.1, -0.05) is 12.1 Å². The molecule has 28 heavy (non-hydrogen) atoms. The fourth-order valence-electron chi connectivity index (χ4n) is 3.01. The van der Waals surface area contributed by atoms with Gasteiger partial charge < -0.3 is 4.74 Å². The summed E-state index contributed by atoms with van der Waals surface area (Å²) in [5, 5.41) is 0. The van der Waals surface area contributed by atoms with Crippen molar-refractivity contribution in [3.8, 4) is 5.75 Å². The van der Waals surface area contributed by atoms with E-state index in [2.05, 4.69) is 0 Å². The smallest absolute Gasteiger partial charge is 0.419 e. The molecule has 1 aromatic heterocycles. The third kappa shape index (κ3) is 4.39. The van der Waals surface area contributed by atoms with Crippen LogP contribution < -0.4 is 4.74 Å². The van der Waals surface area contributed by atoms with Gasteiger partial charge in [-0.25, -0.2) is 8.42 Å². The number of rotatable bonds is 4. The van der Waals surface area contributed by atoms with Crippen molar-refractivity contribution >= 4 is 27.3 Å². The maximum atomic E-state index is 13.1. The second-order valence-corrected chi connectivity index (χ2v) is 9.93. The Morgan fingerprint density at radius 2 is 1.93 bits per heavy atom. The number of benzene rings is 1. The number of carbonyl (C=O) groups excluding carboxylic acids is 1. The molecule has 5 nitrogen and oxygen atoms in total. The third-order valence-corrected chi connectivity index (χ3v) is 7.76. The molecule has 1 fully saturated rings. The summed E-state index contributed by atoms with van der Waals surface area (Å²) in [5.41, 5.74) is -1.04. The first kappa shape index (κ1) is 20.8. The lowest BCUT2D eigenvalue weighted by Gasteiger charge is -2.30. The van der Waals surface area contributed by atoms with Gasteiger partial charge in [0.25, 0.3) is 10.0 Å². The number of para-hydroxylation sites is 1. The van der Waals surface area contributed by atoms with Gasteiger partial charge in [0.1, 0.15) is 9.96 Å². The van der Waals surface area contributed by atoms with Crippen molar-refractivity contribution in [2.75, 3.05) is 13.1 Å². The zero-order chi connectivity index (χ0) is 20.5. The maximum absolute atomic E-state index is 13.1. The summed E-state index contributed by atoms with van der Waals surface area (Å²) < 4.78 is 71.1. The Balaban J connectivity index is 1.76. The van der Waals surface area contributed by atoms with Crippen LogP contribution in [0.3, 0.4) is 0 Å². The van der Waals surface area contributed by atoms with Crippen molar-refractivity contribution in [2.45, 2.75) is 30.2 Å². The van der Waals surface area contributed by atoms with Crippen LogP contribution in [0.2, 0.25) is 0 Å². The molecule has 1 aliphatic heterocycles. The number of thiophene rings is 1. The zero-order valence-electron chi connectivity index (χ0n) is 14.9. The number of alkyl halides is 3. The fourth-order valence-corrected chi connectivity index (χ4v) is 5.97. The first-order valence-electron chi connectivity index (χ1n) is 8.53. The zero-order valence-corrected chi connectivity index (χ0v) is 16.5. The summed E-state index contributed by atoms with van der Waals surface area (Å²) >= 11 is 1.13. The molecular weight excluding hydrogens is 415 g/mol. The monoisotopic (exact) mass is 433 g/mol. The van der Waals surface area contributed by atoms with Crippen molar-refractivity contribution in [1.29, 1.82) is 0 Å². The van der Waals surface area contributed by atoms with Gasteiger partial charge in [-0.3, -0.25) is 4.79 Å². The van der Waals surface area contributed by atoms with E-state index in [4.69, 9.17) is 4.74 Å². The minimum atomic E-state index is -4.66. The van der Waals surface area contributed by atoms with E-state index in [1.165, 1.54) is 22.5 Å². The molecule has 1 unspecified atom stereocenters. The average Bonchev–Trinajstić information content (AvgIpc) is 3.08. The summed E-state index contributed by atoms with van der Waals surface area (Å²) in [6.07, 6.45) is -3.89. The Morgan fingerprint density at radius 1 is 1.21 bits per heavy atom. The highest BCUT2D eigenvalue weighted by Crippen LogP contribution is 2.36. The van der Waals surface area contributed by atoms with Crippen LogP contribution in [-0.4, -0.2) is 31.8 Å². The lowest BCUT2D eigenvalue weighted by molar-refractivity contribution is -0.145. The number of nitrogens with zero attached hydrogens (tertiary/aromatic N) is 1. The summed E-state index contributed by atoms with van der Waals surface area (Å²) in [7, 11) is -3.75. The van der Waals surface area contributed by atoms with Crippen LogP contribution in [0.4, 0.5) is 13.2 Å². The average molecular weight is 433 g/mol. The van der Waals surface area contributed by atoms with Crippen molar-refractivity contribution in [3.63, 3.8) is 0 Å². The lowest BCUT2D eigenvalue weighted by Crippen LogP contribution is -2.43. The van der Waals surface area contributed by atoms with Crippen LogP contribution in [0.25, 0.3) is 0 Å². The molecule has 152 valence electrons. The van der Waals surface area contributed by atoms with Gasteiger partial charge in [0.2, 0.25) is 0 Å². The standard InChI is InChI=1S/C18H18F3NO4S2/c1-12-8-9-16(27-12)28(24,25)22-10-4-5-13(11-22)17(23)26-15-7-3-2-6-14(15)18(19,20)21/h2-3,6-9,13H,4-5,10-11H2,1H3. The number of hydrogen-bond donors (Lipinski definition) is 0. The Labute approximate surface area is 164 Å². The summed E-state index contributed by atoms with van der Waals surface area (Å²) in [4.78, 5) is 13.3. The van der Waals surface area contributed by atoms with E-state index in [1.54, 1.807) is 13.0 Å². The summed E-state index contributed by atoms with van der Waals surface area (Å²) in [6, 6.07) is 7.66. The van der Waals surface area contributed by atoms with Crippen LogP contribution in [0.1, 0.15) is 23.3 Å². The van der Waals surface area contributed by atoms with Crippen LogP contribution in [0.15, 0.2) is 40.6 Å². The molecule has 2 heterocycles. The third-order valence-electron chi connectivity index (χ3n) is 4.43. The Kier molecular flexibility index (Phi) is 5.83. The number of esters is 1. The van der Waals surface area contributed by atoms with E-state index in [1.807, 2.05) is 0 Å². The minimum absolute atomic E-state index is 0.119. The Hall–Kier alpha value is -1.91. The molecule has 0 radical (unpaired) electrons. The van der Waals surface area contributed by atoms with Gasteiger partial charge >= 0.3 is 12.1 Å². The van der Waals surface area contributed by atoms with Crippen molar-refractivity contribution in [2.24, 2.45) is 5.92 Å². The molecule has 1 atom stereocenters. The van der Waals surface area contributed by atoms with Gasteiger partial charge in [-0.05, 0) is 44.0 Å². The van der Waals surface area contributed by atoms with Crippen LogP contribution >= 0.6 is 11.3 Å². The maximum Gasteiger partial charge on any atom is 0.419 e. The highest BCUT2D eigenvalue weighted by Gasteiger charge is 2.37. The molecule has 0 spiro atoms. The molecule has 1 aromatic carbocycles. The highest BCUT2D eigenvalue weighted by atomic mass is 32.2. The molecule has 0 amide bonds. The van der Waals surface area contributed by atoms with E-state index in [0.717, 1.165) is 28.3 Å². The van der Waals surface area contributed by atoms with Gasteiger partial charge in [0, 0.05) is 18.0 Å². The number of piperidine rings is 1. The van der Waals surface area contributed by atoms with E-state index in [0.29, 0.717) is 12.8 Å². The highest BCUT2D eigenvalue weighted by molar-refractivity contribution is 7.91. The number of hydrogen-bond acceptors (Lipinski definition) is 5. The Bertz CT molecular complexity index is 969. The predicted molar refractivity (Wildman–Crippen MR) is 97.6 cm³/mol.